The molecule has 1 aromatic heterocycles. The maximum Gasteiger partial charge on any atom is 0.205 e. The summed E-state index contributed by atoms with van der Waals surface area (Å²) in [7, 11) is 0. The summed E-state index contributed by atoms with van der Waals surface area (Å²) in [6.07, 6.45) is 3.47. The summed E-state index contributed by atoms with van der Waals surface area (Å²) in [5.41, 5.74) is 5.38. The second-order valence-electron chi connectivity index (χ2n) is 6.42. The molecule has 2 N–H and O–H groups in total. The van der Waals surface area contributed by atoms with Crippen LogP contribution in [0.2, 0.25) is 0 Å². The molecule has 0 bridgehead atoms. The Kier molecular flexibility index (Phi) is 3.11. The number of rotatable bonds is 2. The highest BCUT2D eigenvalue weighted by molar-refractivity contribution is 6.05. The summed E-state index contributed by atoms with van der Waals surface area (Å²) in [5, 5.41) is 11.2. The standard InChI is InChI=1S/C18H22N2O/c1-2-12-10-20-9-5-6-13(11-21)18(20)17-16(12)14-7-3-4-8-15(14)19-17/h3-4,7-8,12-13,21H,2,5-6,9-11H2,1H3/p+1/t12?,13-/m1/s1. The number of para-hydroxylation sites is 1. The van der Waals surface area contributed by atoms with Gasteiger partial charge in [0.25, 0.3) is 0 Å². The summed E-state index contributed by atoms with van der Waals surface area (Å²) >= 11 is 0. The van der Waals surface area contributed by atoms with E-state index in [1.54, 1.807) is 0 Å². The number of hydrogen-bond donors (Lipinski definition) is 2. The lowest BCUT2D eigenvalue weighted by molar-refractivity contribution is -0.539. The molecule has 2 aromatic rings. The van der Waals surface area contributed by atoms with Gasteiger partial charge in [0.2, 0.25) is 5.71 Å². The molecule has 2 atom stereocenters. The zero-order valence-corrected chi connectivity index (χ0v) is 12.6. The molecular weight excluding hydrogens is 260 g/mol. The van der Waals surface area contributed by atoms with Crippen molar-refractivity contribution in [1.29, 1.82) is 0 Å². The summed E-state index contributed by atoms with van der Waals surface area (Å²) in [6.45, 7) is 4.79. The monoisotopic (exact) mass is 283 g/mol. The van der Waals surface area contributed by atoms with Gasteiger partial charge in [-0.05, 0) is 18.9 Å². The van der Waals surface area contributed by atoms with Gasteiger partial charge in [0.05, 0.1) is 12.5 Å². The third kappa shape index (κ3) is 1.87. The Bertz CT molecular complexity index is 713. The zero-order chi connectivity index (χ0) is 14.4. The van der Waals surface area contributed by atoms with Gasteiger partial charge in [-0.3, -0.25) is 0 Å². The number of nitrogens with zero attached hydrogens (tertiary/aromatic N) is 1. The van der Waals surface area contributed by atoms with Gasteiger partial charge in [0, 0.05) is 28.8 Å². The SMILES string of the molecule is CCC1C[N+]2=C(c3[nH]c4ccccc4c31)[C@@H](CO)CCC2. The summed E-state index contributed by atoms with van der Waals surface area (Å²) in [5.74, 6) is 0.890. The van der Waals surface area contributed by atoms with Crippen LogP contribution in [0.5, 0.6) is 0 Å². The first-order chi connectivity index (χ1) is 10.3. The number of hydrogen-bond acceptors (Lipinski definition) is 1. The second-order valence-corrected chi connectivity index (χ2v) is 6.42. The highest BCUT2D eigenvalue weighted by Gasteiger charge is 2.40. The molecule has 0 fully saturated rings. The van der Waals surface area contributed by atoms with E-state index in [1.165, 1.54) is 40.7 Å². The molecule has 4 rings (SSSR count). The minimum Gasteiger partial charge on any atom is -0.395 e. The molecule has 21 heavy (non-hydrogen) atoms. The van der Waals surface area contributed by atoms with Crippen molar-refractivity contribution in [2.75, 3.05) is 19.7 Å². The molecule has 2 aliphatic heterocycles. The molecule has 2 aliphatic rings. The van der Waals surface area contributed by atoms with Gasteiger partial charge < -0.3 is 10.1 Å². The van der Waals surface area contributed by atoms with Crippen molar-refractivity contribution in [3.63, 3.8) is 0 Å². The lowest BCUT2D eigenvalue weighted by atomic mass is 9.82. The van der Waals surface area contributed by atoms with E-state index in [0.717, 1.165) is 19.5 Å². The zero-order valence-electron chi connectivity index (χ0n) is 12.6. The first kappa shape index (κ1) is 13.1. The quantitative estimate of drug-likeness (QED) is 0.817. The van der Waals surface area contributed by atoms with Gasteiger partial charge in [-0.15, -0.1) is 0 Å². The molecule has 0 amide bonds. The molecule has 3 nitrogen and oxygen atoms in total. The molecule has 0 radical (unpaired) electrons. The third-order valence-corrected chi connectivity index (χ3v) is 5.27. The van der Waals surface area contributed by atoms with E-state index >= 15 is 0 Å². The van der Waals surface area contributed by atoms with Crippen LogP contribution < -0.4 is 0 Å². The van der Waals surface area contributed by atoms with Crippen LogP contribution in [0.4, 0.5) is 0 Å². The van der Waals surface area contributed by atoms with Crippen LogP contribution in [-0.4, -0.2) is 40.1 Å². The van der Waals surface area contributed by atoms with Crippen LogP contribution in [0.1, 0.15) is 43.4 Å². The Hall–Kier alpha value is -1.61. The second kappa shape index (κ2) is 4.99. The van der Waals surface area contributed by atoms with E-state index < -0.39 is 0 Å². The van der Waals surface area contributed by atoms with Crippen molar-refractivity contribution in [2.24, 2.45) is 5.92 Å². The van der Waals surface area contributed by atoms with Gasteiger partial charge in [-0.1, -0.05) is 25.1 Å². The fourth-order valence-corrected chi connectivity index (χ4v) is 4.25. The normalized spacial score (nSPS) is 25.0. The maximum absolute atomic E-state index is 9.79. The summed E-state index contributed by atoms with van der Waals surface area (Å²) in [4.78, 5) is 3.65. The van der Waals surface area contributed by atoms with Gasteiger partial charge >= 0.3 is 0 Å². The number of benzene rings is 1. The Morgan fingerprint density at radius 2 is 2.14 bits per heavy atom. The van der Waals surface area contributed by atoms with Crippen LogP contribution in [0, 0.1) is 5.92 Å². The van der Waals surface area contributed by atoms with E-state index in [-0.39, 0.29) is 6.61 Å². The van der Waals surface area contributed by atoms with Gasteiger partial charge in [-0.2, -0.15) is 0 Å². The van der Waals surface area contributed by atoms with Crippen molar-refractivity contribution in [3.8, 4) is 0 Å². The Labute approximate surface area is 125 Å². The van der Waals surface area contributed by atoms with Crippen molar-refractivity contribution < 1.29 is 9.68 Å². The number of nitrogens with one attached hydrogen (secondary N) is 1. The van der Waals surface area contributed by atoms with E-state index in [1.807, 2.05) is 0 Å². The van der Waals surface area contributed by atoms with Crippen molar-refractivity contribution in [2.45, 2.75) is 32.1 Å². The summed E-state index contributed by atoms with van der Waals surface area (Å²) in [6, 6.07) is 8.63. The molecule has 3 heterocycles. The van der Waals surface area contributed by atoms with Crippen molar-refractivity contribution >= 4 is 16.6 Å². The number of aromatic nitrogens is 1. The lowest BCUT2D eigenvalue weighted by Crippen LogP contribution is -2.41. The van der Waals surface area contributed by atoms with Crippen LogP contribution in [0.3, 0.4) is 0 Å². The largest absolute Gasteiger partial charge is 0.395 e. The van der Waals surface area contributed by atoms with Crippen LogP contribution in [0.15, 0.2) is 24.3 Å². The minimum atomic E-state index is 0.261. The molecule has 3 heteroatoms. The number of aliphatic hydroxyl groups excluding tert-OH is 1. The van der Waals surface area contributed by atoms with E-state index in [2.05, 4.69) is 40.7 Å². The number of fused-ring (bicyclic) bond motifs is 4. The number of aromatic amines is 1. The van der Waals surface area contributed by atoms with Crippen LogP contribution in [-0.2, 0) is 0 Å². The molecule has 1 aromatic carbocycles. The third-order valence-electron chi connectivity index (χ3n) is 5.27. The molecule has 110 valence electrons. The minimum absolute atomic E-state index is 0.261. The number of H-pyrrole nitrogens is 1. The predicted molar refractivity (Wildman–Crippen MR) is 85.2 cm³/mol. The smallest absolute Gasteiger partial charge is 0.205 e. The fourth-order valence-electron chi connectivity index (χ4n) is 4.25. The lowest BCUT2D eigenvalue weighted by Gasteiger charge is -2.29. The van der Waals surface area contributed by atoms with Gasteiger partial charge in [0.1, 0.15) is 18.8 Å². The average Bonchev–Trinajstić information content (AvgIpc) is 2.93. The van der Waals surface area contributed by atoms with Gasteiger partial charge in [0.15, 0.2) is 0 Å². The topological polar surface area (TPSA) is 39.0 Å². The highest BCUT2D eigenvalue weighted by atomic mass is 16.3. The Morgan fingerprint density at radius 3 is 2.95 bits per heavy atom. The van der Waals surface area contributed by atoms with E-state index in [0.29, 0.717) is 11.8 Å². The summed E-state index contributed by atoms with van der Waals surface area (Å²) < 4.78 is 2.52. The molecule has 0 spiro atoms. The first-order valence-corrected chi connectivity index (χ1v) is 8.17. The molecule has 0 saturated carbocycles. The molecular formula is C18H23N2O+. The fraction of sp³-hybridized carbons (Fsp3) is 0.500. The Morgan fingerprint density at radius 1 is 1.29 bits per heavy atom. The van der Waals surface area contributed by atoms with Crippen LogP contribution in [0.25, 0.3) is 10.9 Å². The first-order valence-electron chi connectivity index (χ1n) is 8.17. The van der Waals surface area contributed by atoms with Crippen LogP contribution >= 0.6 is 0 Å². The van der Waals surface area contributed by atoms with Gasteiger partial charge in [-0.25, -0.2) is 4.58 Å². The molecule has 0 aliphatic carbocycles. The number of aliphatic hydroxyl groups is 1. The Balaban J connectivity index is 1.99. The molecule has 0 saturated heterocycles. The highest BCUT2D eigenvalue weighted by Crippen LogP contribution is 2.37. The molecule has 1 unspecified atom stereocenters. The van der Waals surface area contributed by atoms with Crippen molar-refractivity contribution in [3.05, 3.63) is 35.5 Å². The van der Waals surface area contributed by atoms with Crippen molar-refractivity contribution in [1.82, 2.24) is 4.98 Å². The maximum atomic E-state index is 9.79. The predicted octanol–water partition coefficient (Wildman–Crippen LogP) is 2.88. The van der Waals surface area contributed by atoms with E-state index in [9.17, 15) is 5.11 Å². The van der Waals surface area contributed by atoms with E-state index in [4.69, 9.17) is 0 Å². The average molecular weight is 283 g/mol.